The summed E-state index contributed by atoms with van der Waals surface area (Å²) in [6.45, 7) is 7.66. The van der Waals surface area contributed by atoms with Crippen LogP contribution in [0.4, 0.5) is 0 Å². The number of methoxy groups -OCH3 is 1. The number of aromatic nitrogens is 2. The van der Waals surface area contributed by atoms with Crippen molar-refractivity contribution in [2.45, 2.75) is 33.1 Å². The van der Waals surface area contributed by atoms with Crippen molar-refractivity contribution in [2.75, 3.05) is 7.11 Å². The summed E-state index contributed by atoms with van der Waals surface area (Å²) in [7, 11) is 1.67. The van der Waals surface area contributed by atoms with Crippen molar-refractivity contribution in [1.29, 1.82) is 0 Å². The number of carbonyl (C=O) groups is 1. The van der Waals surface area contributed by atoms with E-state index in [0.717, 1.165) is 33.4 Å². The van der Waals surface area contributed by atoms with E-state index in [9.17, 15) is 4.79 Å². The minimum absolute atomic E-state index is 0.117. The quantitative estimate of drug-likeness (QED) is 0.499. The van der Waals surface area contributed by atoms with Crippen LogP contribution in [0.2, 0.25) is 0 Å². The van der Waals surface area contributed by atoms with Crippen molar-refractivity contribution in [2.24, 2.45) is 0 Å². The first-order chi connectivity index (χ1) is 12.4. The topological polar surface area (TPSA) is 43.6 Å². The fourth-order valence-electron chi connectivity index (χ4n) is 3.65. The lowest BCUT2D eigenvalue weighted by Gasteiger charge is -2.22. The Balaban J connectivity index is 2.30. The molecule has 0 aliphatic carbocycles. The summed E-state index contributed by atoms with van der Waals surface area (Å²) in [6, 6.07) is 12.4. The van der Waals surface area contributed by atoms with Gasteiger partial charge in [0.15, 0.2) is 0 Å². The Labute approximate surface area is 152 Å². The molecule has 0 radical (unpaired) electrons. The van der Waals surface area contributed by atoms with Gasteiger partial charge in [-0.3, -0.25) is 9.20 Å². The summed E-state index contributed by atoms with van der Waals surface area (Å²) >= 11 is 0. The van der Waals surface area contributed by atoms with Crippen LogP contribution in [0.3, 0.4) is 0 Å². The number of carbonyl (C=O) groups excluding carboxylic acids is 1. The highest BCUT2D eigenvalue weighted by Gasteiger charge is 2.30. The van der Waals surface area contributed by atoms with E-state index in [0.29, 0.717) is 0 Å². The van der Waals surface area contributed by atoms with E-state index in [-0.39, 0.29) is 5.78 Å². The van der Waals surface area contributed by atoms with Crippen LogP contribution in [0.1, 0.15) is 32.0 Å². The predicted octanol–water partition coefficient (Wildman–Crippen LogP) is 4.82. The molecule has 0 saturated carbocycles. The first kappa shape index (κ1) is 16.6. The number of Topliss-reactive ketones (excluding diaryl/α,β-unsaturated/α-hetero) is 1. The average molecular weight is 346 g/mol. The second-order valence-corrected chi connectivity index (χ2v) is 7.36. The summed E-state index contributed by atoms with van der Waals surface area (Å²) in [5.74, 6) is 0.911. The van der Waals surface area contributed by atoms with E-state index in [4.69, 9.17) is 9.72 Å². The number of ether oxygens (including phenoxy) is 1. The average Bonchev–Trinajstić information content (AvgIpc) is 3.07. The minimum atomic E-state index is -0.622. The van der Waals surface area contributed by atoms with Gasteiger partial charge in [-0.25, -0.2) is 4.98 Å². The normalized spacial score (nSPS) is 12.2. The van der Waals surface area contributed by atoms with Crippen molar-refractivity contribution in [3.05, 3.63) is 53.9 Å². The van der Waals surface area contributed by atoms with Crippen molar-refractivity contribution in [3.63, 3.8) is 0 Å². The number of hydrogen-bond donors (Lipinski definition) is 0. The number of rotatable bonds is 3. The molecule has 0 spiro atoms. The number of fused-ring (bicyclic) bond motifs is 6. The van der Waals surface area contributed by atoms with Gasteiger partial charge in [-0.2, -0.15) is 0 Å². The lowest BCUT2D eigenvalue weighted by molar-refractivity contribution is -0.121. The molecule has 26 heavy (non-hydrogen) atoms. The molecule has 4 rings (SSSR count). The van der Waals surface area contributed by atoms with Crippen LogP contribution in [0.15, 0.2) is 42.6 Å². The number of aryl methyl sites for hydroxylation is 1. The Morgan fingerprint density at radius 2 is 1.92 bits per heavy atom. The number of nitrogens with zero attached hydrogens (tertiary/aromatic N) is 2. The maximum Gasteiger partial charge on any atom is 0.145 e. The van der Waals surface area contributed by atoms with Crippen LogP contribution in [0.25, 0.3) is 27.3 Å². The Bertz CT molecular complexity index is 1190. The summed E-state index contributed by atoms with van der Waals surface area (Å²) in [6.07, 6.45) is 1.83. The Morgan fingerprint density at radius 1 is 1.15 bits per heavy atom. The molecule has 0 aliphatic rings. The fraction of sp³-hybridized carbons (Fsp3) is 0.273. The van der Waals surface area contributed by atoms with Crippen molar-refractivity contribution in [3.8, 4) is 5.75 Å². The first-order valence-electron chi connectivity index (χ1n) is 8.74. The zero-order valence-electron chi connectivity index (χ0n) is 15.8. The first-order valence-corrected chi connectivity index (χ1v) is 8.74. The van der Waals surface area contributed by atoms with Gasteiger partial charge in [0.2, 0.25) is 0 Å². The summed E-state index contributed by atoms with van der Waals surface area (Å²) in [5.41, 5.74) is 3.39. The molecule has 0 amide bonds. The third kappa shape index (κ3) is 2.15. The highest BCUT2D eigenvalue weighted by Crippen LogP contribution is 2.36. The van der Waals surface area contributed by atoms with Gasteiger partial charge in [0.25, 0.3) is 0 Å². The Hall–Kier alpha value is -2.88. The third-order valence-electron chi connectivity index (χ3n) is 5.51. The molecule has 0 fully saturated rings. The van der Waals surface area contributed by atoms with E-state index in [1.165, 1.54) is 10.9 Å². The van der Waals surface area contributed by atoms with E-state index < -0.39 is 5.41 Å². The molecule has 0 aliphatic heterocycles. The number of imidazole rings is 1. The molecule has 0 bridgehead atoms. The summed E-state index contributed by atoms with van der Waals surface area (Å²) in [5, 5.41) is 3.34. The third-order valence-corrected chi connectivity index (χ3v) is 5.51. The largest absolute Gasteiger partial charge is 0.497 e. The van der Waals surface area contributed by atoms with Crippen LogP contribution in [-0.4, -0.2) is 22.3 Å². The molecular weight excluding hydrogens is 324 g/mol. The van der Waals surface area contributed by atoms with Crippen molar-refractivity contribution >= 4 is 33.1 Å². The standard InChI is InChI=1S/C22H22N2O2/c1-13-7-6-8-18-20(13)16-10-9-15(26-5)11-17(16)21-23-12-19(24(18)21)22(3,4)14(2)25/h6-12H,1-5H3. The Kier molecular flexibility index (Phi) is 3.55. The van der Waals surface area contributed by atoms with Crippen molar-refractivity contribution in [1.82, 2.24) is 9.38 Å². The number of pyridine rings is 1. The van der Waals surface area contributed by atoms with Gasteiger partial charge in [0, 0.05) is 10.8 Å². The minimum Gasteiger partial charge on any atom is -0.497 e. The van der Waals surface area contributed by atoms with Crippen LogP contribution < -0.4 is 4.74 Å². The van der Waals surface area contributed by atoms with E-state index >= 15 is 0 Å². The molecular formula is C22H22N2O2. The molecule has 2 aromatic heterocycles. The van der Waals surface area contributed by atoms with Crippen molar-refractivity contribution < 1.29 is 9.53 Å². The molecule has 4 nitrogen and oxygen atoms in total. The molecule has 4 aromatic rings. The van der Waals surface area contributed by atoms with Crippen LogP contribution in [0.5, 0.6) is 5.75 Å². The second kappa shape index (κ2) is 5.56. The van der Waals surface area contributed by atoms with E-state index in [1.54, 1.807) is 14.0 Å². The molecule has 0 N–H and O–H groups in total. The summed E-state index contributed by atoms with van der Waals surface area (Å²) in [4.78, 5) is 17.0. The Morgan fingerprint density at radius 3 is 2.62 bits per heavy atom. The molecule has 132 valence electrons. The van der Waals surface area contributed by atoms with Gasteiger partial charge >= 0.3 is 0 Å². The SMILES string of the molecule is COc1ccc2c(c1)c1ncc(C(C)(C)C(C)=O)n1c1cccc(C)c21. The smallest absolute Gasteiger partial charge is 0.145 e. The number of hydrogen-bond acceptors (Lipinski definition) is 3. The van der Waals surface area contributed by atoms with Gasteiger partial charge in [0.1, 0.15) is 17.2 Å². The number of benzene rings is 2. The number of ketones is 1. The summed E-state index contributed by atoms with van der Waals surface area (Å²) < 4.78 is 7.57. The van der Waals surface area contributed by atoms with Crippen LogP contribution in [-0.2, 0) is 10.2 Å². The molecule has 2 aromatic carbocycles. The second-order valence-electron chi connectivity index (χ2n) is 7.36. The molecule has 0 unspecified atom stereocenters. The van der Waals surface area contributed by atoms with E-state index in [1.807, 2.05) is 32.2 Å². The van der Waals surface area contributed by atoms with Gasteiger partial charge in [-0.05, 0) is 62.9 Å². The highest BCUT2D eigenvalue weighted by atomic mass is 16.5. The van der Waals surface area contributed by atoms with Gasteiger partial charge in [-0.1, -0.05) is 12.1 Å². The van der Waals surface area contributed by atoms with Crippen LogP contribution >= 0.6 is 0 Å². The maximum absolute atomic E-state index is 12.3. The van der Waals surface area contributed by atoms with Crippen LogP contribution in [0, 0.1) is 6.92 Å². The maximum atomic E-state index is 12.3. The molecule has 2 heterocycles. The zero-order valence-corrected chi connectivity index (χ0v) is 15.8. The van der Waals surface area contributed by atoms with Gasteiger partial charge < -0.3 is 4.74 Å². The predicted molar refractivity (Wildman–Crippen MR) is 105 cm³/mol. The molecule has 0 saturated heterocycles. The lowest BCUT2D eigenvalue weighted by Crippen LogP contribution is -2.28. The molecule has 4 heteroatoms. The van der Waals surface area contributed by atoms with Gasteiger partial charge in [0.05, 0.1) is 29.9 Å². The highest BCUT2D eigenvalue weighted by molar-refractivity contribution is 6.13. The zero-order chi connectivity index (χ0) is 18.6. The molecule has 0 atom stereocenters. The lowest BCUT2D eigenvalue weighted by atomic mass is 9.85. The van der Waals surface area contributed by atoms with Gasteiger partial charge in [-0.15, -0.1) is 0 Å². The monoisotopic (exact) mass is 346 g/mol. The van der Waals surface area contributed by atoms with E-state index in [2.05, 4.69) is 35.6 Å². The fourth-order valence-corrected chi connectivity index (χ4v) is 3.65.